The SMILES string of the molecule is O=C(CC1=CCCCC1)N1CC2(C[C@@H](OCc3ccccn3)CCO2)C1. The number of carbonyl (C=O) groups is 1. The zero-order valence-electron chi connectivity index (χ0n) is 15.4. The zero-order chi connectivity index (χ0) is 17.8. The maximum absolute atomic E-state index is 12.5. The molecular weight excluding hydrogens is 328 g/mol. The molecule has 1 aromatic heterocycles. The first-order valence-electron chi connectivity index (χ1n) is 9.84. The minimum atomic E-state index is -0.191. The van der Waals surface area contributed by atoms with E-state index in [1.165, 1.54) is 18.4 Å². The maximum Gasteiger partial charge on any atom is 0.226 e. The van der Waals surface area contributed by atoms with Crippen molar-refractivity contribution in [1.29, 1.82) is 0 Å². The molecule has 2 aliphatic heterocycles. The molecule has 1 amide bonds. The largest absolute Gasteiger partial charge is 0.372 e. The van der Waals surface area contributed by atoms with Gasteiger partial charge in [-0.3, -0.25) is 9.78 Å². The summed E-state index contributed by atoms with van der Waals surface area (Å²) < 4.78 is 12.1. The second-order valence-corrected chi connectivity index (χ2v) is 7.81. The Morgan fingerprint density at radius 2 is 2.27 bits per heavy atom. The van der Waals surface area contributed by atoms with Gasteiger partial charge in [-0.2, -0.15) is 0 Å². The fraction of sp³-hybridized carbons (Fsp3) is 0.619. The van der Waals surface area contributed by atoms with Gasteiger partial charge in [0.2, 0.25) is 5.91 Å². The Kier molecular flexibility index (Phi) is 5.36. The van der Waals surface area contributed by atoms with E-state index in [1.54, 1.807) is 6.20 Å². The average molecular weight is 356 g/mol. The summed E-state index contributed by atoms with van der Waals surface area (Å²) in [5.41, 5.74) is 2.09. The Balaban J connectivity index is 1.24. The third kappa shape index (κ3) is 4.15. The fourth-order valence-electron chi connectivity index (χ4n) is 4.23. The third-order valence-corrected chi connectivity index (χ3v) is 5.71. The highest BCUT2D eigenvalue weighted by atomic mass is 16.5. The molecule has 0 aromatic carbocycles. The number of aromatic nitrogens is 1. The van der Waals surface area contributed by atoms with Gasteiger partial charge >= 0.3 is 0 Å². The van der Waals surface area contributed by atoms with Gasteiger partial charge in [0.15, 0.2) is 0 Å². The first-order valence-corrected chi connectivity index (χ1v) is 9.84. The number of carbonyl (C=O) groups excluding carboxylic acids is 1. The number of likely N-dealkylation sites (tertiary alicyclic amines) is 1. The maximum atomic E-state index is 12.5. The van der Waals surface area contributed by atoms with Crippen molar-refractivity contribution >= 4 is 5.91 Å². The molecule has 0 N–H and O–H groups in total. The van der Waals surface area contributed by atoms with E-state index >= 15 is 0 Å². The molecule has 0 bridgehead atoms. The minimum absolute atomic E-state index is 0.184. The zero-order valence-corrected chi connectivity index (χ0v) is 15.4. The lowest BCUT2D eigenvalue weighted by molar-refractivity contribution is -0.202. The van der Waals surface area contributed by atoms with Gasteiger partial charge in [-0.05, 0) is 44.2 Å². The number of amides is 1. The lowest BCUT2D eigenvalue weighted by Crippen LogP contribution is -2.67. The molecule has 1 spiro atoms. The average Bonchev–Trinajstić information content (AvgIpc) is 2.66. The molecule has 0 unspecified atom stereocenters. The highest BCUT2D eigenvalue weighted by Crippen LogP contribution is 2.36. The van der Waals surface area contributed by atoms with Crippen LogP contribution in [0.5, 0.6) is 0 Å². The van der Waals surface area contributed by atoms with Gasteiger partial charge in [-0.15, -0.1) is 0 Å². The predicted octanol–water partition coefficient (Wildman–Crippen LogP) is 3.25. The summed E-state index contributed by atoms with van der Waals surface area (Å²) in [5.74, 6) is 0.254. The normalized spacial score (nSPS) is 24.8. The fourth-order valence-corrected chi connectivity index (χ4v) is 4.23. The molecule has 1 aromatic rings. The summed E-state index contributed by atoms with van der Waals surface area (Å²) in [6.45, 7) is 2.67. The van der Waals surface area contributed by atoms with E-state index in [9.17, 15) is 4.79 Å². The van der Waals surface area contributed by atoms with E-state index in [1.807, 2.05) is 23.1 Å². The van der Waals surface area contributed by atoms with Crippen LogP contribution in [0.1, 0.15) is 50.6 Å². The van der Waals surface area contributed by atoms with Crippen LogP contribution in [0.25, 0.3) is 0 Å². The minimum Gasteiger partial charge on any atom is -0.372 e. The van der Waals surface area contributed by atoms with Crippen LogP contribution in [0.15, 0.2) is 36.0 Å². The molecule has 3 aliphatic rings. The molecule has 26 heavy (non-hydrogen) atoms. The lowest BCUT2D eigenvalue weighted by atomic mass is 9.84. The molecular formula is C21H28N2O3. The number of pyridine rings is 1. The van der Waals surface area contributed by atoms with E-state index in [4.69, 9.17) is 9.47 Å². The van der Waals surface area contributed by atoms with Crippen LogP contribution in [-0.4, -0.2) is 47.2 Å². The molecule has 3 heterocycles. The van der Waals surface area contributed by atoms with E-state index in [0.717, 1.165) is 31.4 Å². The first kappa shape index (κ1) is 17.7. The smallest absolute Gasteiger partial charge is 0.226 e. The van der Waals surface area contributed by atoms with Crippen molar-refractivity contribution in [2.75, 3.05) is 19.7 Å². The molecule has 140 valence electrons. The van der Waals surface area contributed by atoms with Gasteiger partial charge < -0.3 is 14.4 Å². The third-order valence-electron chi connectivity index (χ3n) is 5.71. The lowest BCUT2D eigenvalue weighted by Gasteiger charge is -2.53. The Labute approximate surface area is 155 Å². The highest BCUT2D eigenvalue weighted by Gasteiger charge is 2.49. The van der Waals surface area contributed by atoms with Gasteiger partial charge in [-0.1, -0.05) is 17.7 Å². The number of ether oxygens (including phenoxy) is 2. The van der Waals surface area contributed by atoms with Crippen molar-refractivity contribution in [3.05, 3.63) is 41.7 Å². The summed E-state index contributed by atoms with van der Waals surface area (Å²) in [7, 11) is 0. The molecule has 1 atom stereocenters. The molecule has 1 aliphatic carbocycles. The number of hydrogen-bond acceptors (Lipinski definition) is 4. The van der Waals surface area contributed by atoms with Gasteiger partial charge in [0.1, 0.15) is 5.60 Å². The van der Waals surface area contributed by atoms with Crippen molar-refractivity contribution in [3.63, 3.8) is 0 Å². The molecule has 5 nitrogen and oxygen atoms in total. The predicted molar refractivity (Wildman–Crippen MR) is 98.5 cm³/mol. The van der Waals surface area contributed by atoms with Crippen LogP contribution in [0.2, 0.25) is 0 Å². The summed E-state index contributed by atoms with van der Waals surface area (Å²) >= 11 is 0. The number of nitrogens with zero attached hydrogens (tertiary/aromatic N) is 2. The number of allylic oxidation sites excluding steroid dienone is 1. The van der Waals surface area contributed by atoms with Crippen molar-refractivity contribution in [1.82, 2.24) is 9.88 Å². The molecule has 0 saturated carbocycles. The van der Waals surface area contributed by atoms with Gasteiger partial charge in [0.25, 0.3) is 0 Å². The monoisotopic (exact) mass is 356 g/mol. The van der Waals surface area contributed by atoms with Crippen molar-refractivity contribution < 1.29 is 14.3 Å². The van der Waals surface area contributed by atoms with Crippen LogP contribution in [-0.2, 0) is 20.9 Å². The number of hydrogen-bond donors (Lipinski definition) is 0. The van der Waals surface area contributed by atoms with Crippen molar-refractivity contribution in [3.8, 4) is 0 Å². The van der Waals surface area contributed by atoms with Crippen molar-refractivity contribution in [2.45, 2.75) is 63.3 Å². The van der Waals surface area contributed by atoms with Crippen LogP contribution < -0.4 is 0 Å². The van der Waals surface area contributed by atoms with Crippen molar-refractivity contribution in [2.24, 2.45) is 0 Å². The van der Waals surface area contributed by atoms with Crippen LogP contribution in [0, 0.1) is 0 Å². The molecule has 2 fully saturated rings. The van der Waals surface area contributed by atoms with Crippen LogP contribution in [0.3, 0.4) is 0 Å². The summed E-state index contributed by atoms with van der Waals surface area (Å²) in [6, 6.07) is 5.88. The topological polar surface area (TPSA) is 51.7 Å². The van der Waals surface area contributed by atoms with Gasteiger partial charge in [0.05, 0.1) is 31.5 Å². The summed E-state index contributed by atoms with van der Waals surface area (Å²) in [4.78, 5) is 18.8. The summed E-state index contributed by atoms with van der Waals surface area (Å²) in [6.07, 6.45) is 11.3. The number of rotatable bonds is 5. The summed E-state index contributed by atoms with van der Waals surface area (Å²) in [5, 5.41) is 0. The van der Waals surface area contributed by atoms with Crippen LogP contribution >= 0.6 is 0 Å². The highest BCUT2D eigenvalue weighted by molar-refractivity contribution is 5.80. The Hall–Kier alpha value is -1.72. The first-order chi connectivity index (χ1) is 12.7. The van der Waals surface area contributed by atoms with Crippen LogP contribution in [0.4, 0.5) is 0 Å². The second kappa shape index (κ2) is 7.89. The Morgan fingerprint density at radius 3 is 3.04 bits per heavy atom. The Morgan fingerprint density at radius 1 is 1.35 bits per heavy atom. The van der Waals surface area contributed by atoms with E-state index in [2.05, 4.69) is 11.1 Å². The van der Waals surface area contributed by atoms with E-state index in [0.29, 0.717) is 32.7 Å². The molecule has 4 rings (SSSR count). The van der Waals surface area contributed by atoms with Gasteiger partial charge in [-0.25, -0.2) is 0 Å². The standard InChI is InChI=1S/C21H28N2O3/c24-20(12-17-6-2-1-3-7-17)23-15-21(16-23)13-19(9-11-26-21)25-14-18-8-4-5-10-22-18/h4-6,8,10,19H,1-3,7,9,11-16H2/t19-/m0/s1. The van der Waals surface area contributed by atoms with E-state index in [-0.39, 0.29) is 17.6 Å². The Bertz CT molecular complexity index is 652. The van der Waals surface area contributed by atoms with Gasteiger partial charge in [0, 0.05) is 25.6 Å². The molecule has 0 radical (unpaired) electrons. The molecule has 2 saturated heterocycles. The molecule has 5 heteroatoms. The quantitative estimate of drug-likeness (QED) is 0.760. The second-order valence-electron chi connectivity index (χ2n) is 7.81. The van der Waals surface area contributed by atoms with E-state index < -0.39 is 0 Å².